The average Bonchev–Trinajstić information content (AvgIpc) is 1.73. The molecule has 1 aliphatic carbocycles. The quantitative estimate of drug-likeness (QED) is 0.461. The minimum Gasteiger partial charge on any atom is -0.325 e. The Morgan fingerprint density at radius 3 is 2.00 bits per heavy atom. The summed E-state index contributed by atoms with van der Waals surface area (Å²) in [6.45, 7) is 4.28. The van der Waals surface area contributed by atoms with Crippen LogP contribution < -0.4 is 5.73 Å². The third kappa shape index (κ3) is 0.432. The molecule has 1 fully saturated rings. The Balaban J connectivity index is 2.41. The molecule has 2 N–H and O–H groups in total. The van der Waals surface area contributed by atoms with Gasteiger partial charge in [-0.1, -0.05) is 6.92 Å². The van der Waals surface area contributed by atoms with Crippen molar-refractivity contribution in [3.8, 4) is 0 Å². The molecule has 1 nitrogen and oxygen atoms in total. The van der Waals surface area contributed by atoms with Crippen LogP contribution in [0.2, 0.25) is 0 Å². The third-order valence-corrected chi connectivity index (χ3v) is 1.71. The third-order valence-electron chi connectivity index (χ3n) is 1.71. The molecule has 0 spiro atoms. The zero-order valence-corrected chi connectivity index (χ0v) is 4.36. The monoisotopic (exact) mass is 85.1 g/mol. The molecule has 0 aromatic heterocycles. The first kappa shape index (κ1) is 4.13. The molecule has 0 aromatic rings. The van der Waals surface area contributed by atoms with Gasteiger partial charge in [0.25, 0.3) is 0 Å². The standard InChI is InChI=1S/C5H11N/c1-4-3-5(4,2)6/h4H,3,6H2,1-2H3/t4?,5-/m0/s1. The Bertz CT molecular complexity index is 66.3. The van der Waals surface area contributed by atoms with Crippen LogP contribution in [-0.4, -0.2) is 5.54 Å². The van der Waals surface area contributed by atoms with Gasteiger partial charge in [0.1, 0.15) is 0 Å². The lowest BCUT2D eigenvalue weighted by molar-refractivity contribution is 0.686. The summed E-state index contributed by atoms with van der Waals surface area (Å²) < 4.78 is 0. The van der Waals surface area contributed by atoms with E-state index in [1.807, 2.05) is 0 Å². The molecule has 0 bridgehead atoms. The van der Waals surface area contributed by atoms with Gasteiger partial charge in [-0.2, -0.15) is 0 Å². The molecule has 1 saturated carbocycles. The van der Waals surface area contributed by atoms with Gasteiger partial charge in [-0.05, 0) is 19.3 Å². The summed E-state index contributed by atoms with van der Waals surface area (Å²) in [4.78, 5) is 0. The molecule has 0 heterocycles. The molecule has 1 rings (SSSR count). The highest BCUT2D eigenvalue weighted by Gasteiger charge is 2.42. The Kier molecular flexibility index (Phi) is 0.539. The topological polar surface area (TPSA) is 26.0 Å². The minimum atomic E-state index is 0.208. The predicted molar refractivity (Wildman–Crippen MR) is 26.4 cm³/mol. The zero-order chi connectivity index (χ0) is 4.78. The largest absolute Gasteiger partial charge is 0.325 e. The summed E-state index contributed by atoms with van der Waals surface area (Å²) in [5.74, 6) is 0.775. The SMILES string of the molecule is CC1C[C@]1(C)N. The van der Waals surface area contributed by atoms with E-state index in [0.29, 0.717) is 0 Å². The first-order valence-corrected chi connectivity index (χ1v) is 2.42. The second kappa shape index (κ2) is 0.784. The Labute approximate surface area is 38.5 Å². The summed E-state index contributed by atoms with van der Waals surface area (Å²) in [7, 11) is 0. The van der Waals surface area contributed by atoms with Gasteiger partial charge in [0, 0.05) is 5.54 Å². The van der Waals surface area contributed by atoms with Crippen molar-refractivity contribution in [2.45, 2.75) is 25.8 Å². The van der Waals surface area contributed by atoms with E-state index >= 15 is 0 Å². The first-order chi connectivity index (χ1) is 2.63. The molecule has 1 heteroatoms. The fourth-order valence-electron chi connectivity index (χ4n) is 0.601. The molecule has 2 atom stereocenters. The van der Waals surface area contributed by atoms with Crippen molar-refractivity contribution < 1.29 is 0 Å². The van der Waals surface area contributed by atoms with Gasteiger partial charge >= 0.3 is 0 Å². The van der Waals surface area contributed by atoms with Crippen molar-refractivity contribution in [2.75, 3.05) is 0 Å². The van der Waals surface area contributed by atoms with Crippen LogP contribution in [0.15, 0.2) is 0 Å². The van der Waals surface area contributed by atoms with E-state index in [-0.39, 0.29) is 5.54 Å². The summed E-state index contributed by atoms with van der Waals surface area (Å²) in [6.07, 6.45) is 1.22. The van der Waals surface area contributed by atoms with Crippen molar-refractivity contribution in [1.29, 1.82) is 0 Å². The van der Waals surface area contributed by atoms with E-state index < -0.39 is 0 Å². The van der Waals surface area contributed by atoms with Crippen molar-refractivity contribution in [3.05, 3.63) is 0 Å². The Morgan fingerprint density at radius 2 is 2.00 bits per heavy atom. The predicted octanol–water partition coefficient (Wildman–Crippen LogP) is 0.744. The fraction of sp³-hybridized carbons (Fsp3) is 1.00. The highest BCUT2D eigenvalue weighted by atomic mass is 14.8. The summed E-state index contributed by atoms with van der Waals surface area (Å²) in [5, 5.41) is 0. The smallest absolute Gasteiger partial charge is 0.0155 e. The highest BCUT2D eigenvalue weighted by Crippen LogP contribution is 2.39. The number of hydrogen-bond acceptors (Lipinski definition) is 1. The molecule has 0 aromatic carbocycles. The molecular formula is C5H11N. The molecular weight excluding hydrogens is 74.1 g/mol. The van der Waals surface area contributed by atoms with E-state index in [1.54, 1.807) is 0 Å². The van der Waals surface area contributed by atoms with Crippen LogP contribution in [0.25, 0.3) is 0 Å². The maximum Gasteiger partial charge on any atom is 0.0155 e. The van der Waals surface area contributed by atoms with Crippen molar-refractivity contribution in [3.63, 3.8) is 0 Å². The van der Waals surface area contributed by atoms with Crippen molar-refractivity contribution in [1.82, 2.24) is 0 Å². The van der Waals surface area contributed by atoms with Gasteiger partial charge in [0.2, 0.25) is 0 Å². The van der Waals surface area contributed by atoms with Crippen LogP contribution in [0.3, 0.4) is 0 Å². The van der Waals surface area contributed by atoms with E-state index in [9.17, 15) is 0 Å². The molecule has 0 amide bonds. The van der Waals surface area contributed by atoms with Crippen LogP contribution >= 0.6 is 0 Å². The van der Waals surface area contributed by atoms with Crippen LogP contribution in [0, 0.1) is 5.92 Å². The molecule has 6 heavy (non-hydrogen) atoms. The maximum absolute atomic E-state index is 5.61. The molecule has 0 aliphatic heterocycles. The molecule has 36 valence electrons. The Hall–Kier alpha value is -0.0400. The second-order valence-electron chi connectivity index (χ2n) is 2.61. The zero-order valence-electron chi connectivity index (χ0n) is 4.36. The van der Waals surface area contributed by atoms with E-state index in [2.05, 4.69) is 13.8 Å². The van der Waals surface area contributed by atoms with E-state index in [4.69, 9.17) is 5.73 Å². The van der Waals surface area contributed by atoms with Crippen LogP contribution in [-0.2, 0) is 0 Å². The number of rotatable bonds is 0. The van der Waals surface area contributed by atoms with Gasteiger partial charge in [-0.15, -0.1) is 0 Å². The van der Waals surface area contributed by atoms with Crippen LogP contribution in [0.1, 0.15) is 20.3 Å². The minimum absolute atomic E-state index is 0.208. The summed E-state index contributed by atoms with van der Waals surface area (Å²) in [6, 6.07) is 0. The van der Waals surface area contributed by atoms with Crippen LogP contribution in [0.5, 0.6) is 0 Å². The molecule has 0 saturated heterocycles. The van der Waals surface area contributed by atoms with Crippen molar-refractivity contribution in [2.24, 2.45) is 11.7 Å². The lowest BCUT2D eigenvalue weighted by Crippen LogP contribution is -2.18. The van der Waals surface area contributed by atoms with E-state index in [0.717, 1.165) is 5.92 Å². The highest BCUT2D eigenvalue weighted by molar-refractivity contribution is 5.00. The van der Waals surface area contributed by atoms with Gasteiger partial charge in [0.05, 0.1) is 0 Å². The van der Waals surface area contributed by atoms with Crippen molar-refractivity contribution >= 4 is 0 Å². The fourth-order valence-corrected chi connectivity index (χ4v) is 0.601. The van der Waals surface area contributed by atoms with Crippen LogP contribution in [0.4, 0.5) is 0 Å². The molecule has 1 unspecified atom stereocenters. The van der Waals surface area contributed by atoms with Gasteiger partial charge in [-0.3, -0.25) is 0 Å². The Morgan fingerprint density at radius 1 is 1.83 bits per heavy atom. The normalized spacial score (nSPS) is 55.5. The maximum atomic E-state index is 5.61. The van der Waals surface area contributed by atoms with Gasteiger partial charge < -0.3 is 5.73 Å². The lowest BCUT2D eigenvalue weighted by Gasteiger charge is -1.93. The lowest BCUT2D eigenvalue weighted by atomic mass is 10.3. The first-order valence-electron chi connectivity index (χ1n) is 2.42. The second-order valence-corrected chi connectivity index (χ2v) is 2.61. The number of nitrogens with two attached hydrogens (primary N) is 1. The molecule has 0 radical (unpaired) electrons. The average molecular weight is 85.2 g/mol. The summed E-state index contributed by atoms with van der Waals surface area (Å²) in [5.41, 5.74) is 5.82. The van der Waals surface area contributed by atoms with E-state index in [1.165, 1.54) is 6.42 Å². The van der Waals surface area contributed by atoms with Gasteiger partial charge in [0.15, 0.2) is 0 Å². The molecule has 1 aliphatic rings. The summed E-state index contributed by atoms with van der Waals surface area (Å²) >= 11 is 0. The number of hydrogen-bond donors (Lipinski definition) is 1. The van der Waals surface area contributed by atoms with Gasteiger partial charge in [-0.25, -0.2) is 0 Å².